The molecule has 0 radical (unpaired) electrons. The van der Waals surface area contributed by atoms with Crippen LogP contribution in [-0.2, 0) is 4.74 Å². The van der Waals surface area contributed by atoms with Gasteiger partial charge in [-0.3, -0.25) is 0 Å². The lowest BCUT2D eigenvalue weighted by Gasteiger charge is -2.24. The molecule has 1 saturated carbocycles. The van der Waals surface area contributed by atoms with Crippen molar-refractivity contribution in [2.45, 2.75) is 31.2 Å². The van der Waals surface area contributed by atoms with Crippen LogP contribution in [0.25, 0.3) is 0 Å². The van der Waals surface area contributed by atoms with Crippen molar-refractivity contribution in [1.82, 2.24) is 9.97 Å². The third-order valence-corrected chi connectivity index (χ3v) is 3.86. The zero-order valence-corrected chi connectivity index (χ0v) is 11.5. The molecule has 2 fully saturated rings. The van der Waals surface area contributed by atoms with E-state index < -0.39 is 0 Å². The molecule has 1 saturated heterocycles. The van der Waals surface area contributed by atoms with Crippen molar-refractivity contribution in [3.05, 3.63) is 16.5 Å². The van der Waals surface area contributed by atoms with Crippen molar-refractivity contribution in [3.8, 4) is 0 Å². The highest BCUT2D eigenvalue weighted by Crippen LogP contribution is 2.39. The summed E-state index contributed by atoms with van der Waals surface area (Å²) in [6.45, 7) is 1.66. The zero-order chi connectivity index (χ0) is 11.8. The normalized spacial score (nSPS) is 24.0. The second kappa shape index (κ2) is 4.53. The number of anilines is 1. The lowest BCUT2D eigenvalue weighted by atomic mass is 10.2. The van der Waals surface area contributed by atoms with Gasteiger partial charge in [0.2, 0.25) is 0 Å². The third-order valence-electron chi connectivity index (χ3n) is 3.46. The Hall–Kier alpha value is -0.680. The minimum Gasteiger partial charge on any atom is -0.379 e. The van der Waals surface area contributed by atoms with Crippen LogP contribution in [0.1, 0.15) is 31.0 Å². The maximum Gasteiger partial charge on any atom is 0.135 e. The fourth-order valence-electron chi connectivity index (χ4n) is 2.14. The Balaban J connectivity index is 1.85. The molecule has 17 heavy (non-hydrogen) atoms. The lowest BCUT2D eigenvalue weighted by Crippen LogP contribution is -2.32. The minimum absolute atomic E-state index is 0.448. The van der Waals surface area contributed by atoms with Gasteiger partial charge in [-0.1, -0.05) is 0 Å². The van der Waals surface area contributed by atoms with E-state index in [-0.39, 0.29) is 0 Å². The summed E-state index contributed by atoms with van der Waals surface area (Å²) in [6, 6.07) is 2.44. The topological polar surface area (TPSA) is 38.2 Å². The van der Waals surface area contributed by atoms with Gasteiger partial charge in [0.05, 0.1) is 12.6 Å². The first kappa shape index (κ1) is 11.4. The smallest absolute Gasteiger partial charge is 0.135 e. The van der Waals surface area contributed by atoms with Crippen molar-refractivity contribution in [2.24, 2.45) is 0 Å². The monoisotopic (exact) mass is 297 g/mol. The fraction of sp³-hybridized carbons (Fsp3) is 0.667. The van der Waals surface area contributed by atoms with Gasteiger partial charge in [0.15, 0.2) is 0 Å². The van der Waals surface area contributed by atoms with E-state index in [2.05, 4.69) is 37.8 Å². The number of hydrogen-bond donors (Lipinski definition) is 0. The molecule has 92 valence electrons. The molecular formula is C12H16BrN3O. The number of nitrogens with zero attached hydrogens (tertiary/aromatic N) is 3. The van der Waals surface area contributed by atoms with Crippen LogP contribution in [0.2, 0.25) is 0 Å². The van der Waals surface area contributed by atoms with E-state index in [4.69, 9.17) is 4.74 Å². The molecule has 5 heteroatoms. The van der Waals surface area contributed by atoms with E-state index in [9.17, 15) is 0 Å². The average Bonchev–Trinajstić information content (AvgIpc) is 3.03. The molecule has 0 aromatic carbocycles. The van der Waals surface area contributed by atoms with Crippen LogP contribution in [0.3, 0.4) is 0 Å². The molecule has 3 rings (SSSR count). The van der Waals surface area contributed by atoms with Gasteiger partial charge in [-0.05, 0) is 35.2 Å². The van der Waals surface area contributed by atoms with Gasteiger partial charge in [-0.15, -0.1) is 0 Å². The number of hydrogen-bond acceptors (Lipinski definition) is 4. The molecule has 4 nitrogen and oxygen atoms in total. The number of rotatable bonds is 3. The molecule has 1 aliphatic heterocycles. The summed E-state index contributed by atoms with van der Waals surface area (Å²) in [7, 11) is 2.09. The zero-order valence-electron chi connectivity index (χ0n) is 9.90. The summed E-state index contributed by atoms with van der Waals surface area (Å²) in [5.41, 5.74) is 0. The van der Waals surface area contributed by atoms with E-state index in [1.165, 1.54) is 12.8 Å². The molecule has 2 heterocycles. The Morgan fingerprint density at radius 1 is 1.35 bits per heavy atom. The van der Waals surface area contributed by atoms with Crippen molar-refractivity contribution in [3.63, 3.8) is 0 Å². The summed E-state index contributed by atoms with van der Waals surface area (Å²) in [4.78, 5) is 11.3. The van der Waals surface area contributed by atoms with E-state index in [0.717, 1.165) is 35.9 Å². The summed E-state index contributed by atoms with van der Waals surface area (Å²) in [5.74, 6) is 2.57. The molecule has 0 N–H and O–H groups in total. The van der Waals surface area contributed by atoms with Crippen LogP contribution in [-0.4, -0.2) is 36.3 Å². The van der Waals surface area contributed by atoms with Gasteiger partial charge in [0.25, 0.3) is 0 Å². The molecular weight excluding hydrogens is 282 g/mol. The first-order chi connectivity index (χ1) is 8.24. The number of likely N-dealkylation sites (N-methyl/N-ethyl adjacent to an activating group) is 1. The van der Waals surface area contributed by atoms with E-state index >= 15 is 0 Å². The Morgan fingerprint density at radius 2 is 2.18 bits per heavy atom. The van der Waals surface area contributed by atoms with Crippen LogP contribution < -0.4 is 4.90 Å². The summed E-state index contributed by atoms with van der Waals surface area (Å²) >= 11 is 3.48. The molecule has 1 aliphatic carbocycles. The highest BCUT2D eigenvalue weighted by atomic mass is 79.9. The van der Waals surface area contributed by atoms with Crippen LogP contribution in [0.5, 0.6) is 0 Å². The highest BCUT2D eigenvalue weighted by molar-refractivity contribution is 9.10. The number of halogens is 1. The summed E-state index contributed by atoms with van der Waals surface area (Å²) in [6.07, 6.45) is 3.54. The predicted octanol–water partition coefficient (Wildman–Crippen LogP) is 2.34. The molecule has 1 unspecified atom stereocenters. The number of ether oxygens (including phenoxy) is 1. The largest absolute Gasteiger partial charge is 0.379 e. The van der Waals surface area contributed by atoms with Crippen molar-refractivity contribution >= 4 is 21.7 Å². The average molecular weight is 298 g/mol. The Kier molecular flexibility index (Phi) is 3.04. The second-order valence-corrected chi connectivity index (χ2v) is 5.62. The first-order valence-corrected chi connectivity index (χ1v) is 6.88. The van der Waals surface area contributed by atoms with Gasteiger partial charge in [0.1, 0.15) is 16.2 Å². The van der Waals surface area contributed by atoms with E-state index in [0.29, 0.717) is 12.0 Å². The van der Waals surface area contributed by atoms with E-state index in [1.807, 2.05) is 6.07 Å². The lowest BCUT2D eigenvalue weighted by molar-refractivity contribution is 0.193. The van der Waals surface area contributed by atoms with Gasteiger partial charge in [0, 0.05) is 25.6 Å². The van der Waals surface area contributed by atoms with Crippen molar-refractivity contribution in [1.29, 1.82) is 0 Å². The summed E-state index contributed by atoms with van der Waals surface area (Å²) in [5, 5.41) is 0. The predicted molar refractivity (Wildman–Crippen MR) is 69.3 cm³/mol. The maximum atomic E-state index is 5.42. The molecule has 0 spiro atoms. The fourth-order valence-corrected chi connectivity index (χ4v) is 2.53. The Morgan fingerprint density at radius 3 is 2.82 bits per heavy atom. The van der Waals surface area contributed by atoms with Crippen LogP contribution in [0, 0.1) is 0 Å². The van der Waals surface area contributed by atoms with Crippen LogP contribution in [0.4, 0.5) is 5.82 Å². The SMILES string of the molecule is CN(c1cc(Br)nc(C2CC2)n1)C1CCOC1. The Bertz CT molecular complexity index is 416. The van der Waals surface area contributed by atoms with Crippen molar-refractivity contribution < 1.29 is 4.74 Å². The molecule has 1 aromatic heterocycles. The van der Waals surface area contributed by atoms with Crippen molar-refractivity contribution in [2.75, 3.05) is 25.2 Å². The molecule has 1 aromatic rings. The quantitative estimate of drug-likeness (QED) is 0.803. The van der Waals surface area contributed by atoms with E-state index in [1.54, 1.807) is 0 Å². The Labute approximate surface area is 110 Å². The summed E-state index contributed by atoms with van der Waals surface area (Å²) < 4.78 is 6.31. The highest BCUT2D eigenvalue weighted by Gasteiger charge is 2.28. The van der Waals surface area contributed by atoms with Gasteiger partial charge < -0.3 is 9.64 Å². The minimum atomic E-state index is 0.448. The van der Waals surface area contributed by atoms with Gasteiger partial charge >= 0.3 is 0 Å². The first-order valence-electron chi connectivity index (χ1n) is 6.09. The second-order valence-electron chi connectivity index (χ2n) is 4.81. The third kappa shape index (κ3) is 2.45. The van der Waals surface area contributed by atoms with Gasteiger partial charge in [-0.2, -0.15) is 0 Å². The number of aromatic nitrogens is 2. The van der Waals surface area contributed by atoms with Crippen LogP contribution in [0.15, 0.2) is 10.7 Å². The molecule has 0 bridgehead atoms. The maximum absolute atomic E-state index is 5.42. The van der Waals surface area contributed by atoms with Gasteiger partial charge in [-0.25, -0.2) is 9.97 Å². The standard InChI is InChI=1S/C12H16BrN3O/c1-16(9-4-5-17-7-9)11-6-10(13)14-12(15-11)8-2-3-8/h6,8-9H,2-5,7H2,1H3. The molecule has 2 aliphatic rings. The molecule has 0 amide bonds. The molecule has 1 atom stereocenters. The van der Waals surface area contributed by atoms with Crippen LogP contribution >= 0.6 is 15.9 Å².